The number of thiophene rings is 1. The molecule has 0 aliphatic carbocycles. The fraction of sp³-hybridized carbons (Fsp3) is 0.200. The molecule has 1 rings (SSSR count). The molecule has 0 aliphatic heterocycles. The van der Waals surface area contributed by atoms with E-state index >= 15 is 0 Å². The Hall–Kier alpha value is 0.497. The number of rotatable bonds is 1. The summed E-state index contributed by atoms with van der Waals surface area (Å²) >= 11 is 13.5. The van der Waals surface area contributed by atoms with Crippen LogP contribution in [-0.2, 0) is 0 Å². The van der Waals surface area contributed by atoms with Gasteiger partial charge in [0.2, 0.25) is 0 Å². The minimum Gasteiger partial charge on any atom is -0.152 e. The van der Waals surface area contributed by atoms with Gasteiger partial charge < -0.3 is 0 Å². The molecule has 0 fully saturated rings. The maximum absolute atomic E-state index is 5.91. The summed E-state index contributed by atoms with van der Waals surface area (Å²) in [7, 11) is 0. The van der Waals surface area contributed by atoms with E-state index in [-0.39, 0.29) is 0 Å². The highest BCUT2D eigenvalue weighted by molar-refractivity contribution is 7.50. The summed E-state index contributed by atoms with van der Waals surface area (Å²) in [6.07, 6.45) is 0. The lowest BCUT2D eigenvalue weighted by Gasteiger charge is -2.05. The van der Waals surface area contributed by atoms with Crippen LogP contribution in [0, 0.1) is 0 Å². The monoisotopic (exact) mass is 196 g/mol. The topological polar surface area (TPSA) is 0 Å². The van der Waals surface area contributed by atoms with Crippen LogP contribution in [0.5, 0.6) is 0 Å². The van der Waals surface area contributed by atoms with Gasteiger partial charge in [-0.05, 0) is 28.6 Å². The van der Waals surface area contributed by atoms with Crippen LogP contribution >= 0.6 is 33.5 Å². The van der Waals surface area contributed by atoms with Crippen LogP contribution in [0.2, 0.25) is 6.55 Å². The minimum atomic E-state index is -2.03. The number of hydrogen-bond acceptors (Lipinski definition) is 1. The van der Waals surface area contributed by atoms with Crippen molar-refractivity contribution in [2.24, 2.45) is 0 Å². The Bertz CT molecular complexity index is 177. The highest BCUT2D eigenvalue weighted by Gasteiger charge is 2.23. The lowest BCUT2D eigenvalue weighted by atomic mass is 10.7. The van der Waals surface area contributed by atoms with Crippen LogP contribution in [0.4, 0.5) is 0 Å². The summed E-state index contributed by atoms with van der Waals surface area (Å²) < 4.78 is 0. The van der Waals surface area contributed by atoms with Crippen LogP contribution < -0.4 is 5.19 Å². The summed E-state index contributed by atoms with van der Waals surface area (Å²) in [6, 6.07) is 1.98. The Morgan fingerprint density at radius 2 is 2.22 bits per heavy atom. The molecule has 0 aromatic carbocycles. The van der Waals surface area contributed by atoms with Gasteiger partial charge in [-0.15, -0.1) is 22.2 Å². The maximum Gasteiger partial charge on any atom is 0.278 e. The SMILES string of the molecule is C[Si](Cl)(Cl)c1ccsc1. The van der Waals surface area contributed by atoms with Gasteiger partial charge in [0.15, 0.2) is 0 Å². The van der Waals surface area contributed by atoms with E-state index in [1.807, 2.05) is 23.4 Å². The summed E-state index contributed by atoms with van der Waals surface area (Å²) in [6.45, 7) is -0.125. The predicted octanol–water partition coefficient (Wildman–Crippen LogP) is 2.50. The summed E-state index contributed by atoms with van der Waals surface area (Å²) in [4.78, 5) is 0. The Balaban J connectivity index is 2.90. The first-order chi connectivity index (χ1) is 4.11. The highest BCUT2D eigenvalue weighted by Crippen LogP contribution is 2.14. The molecule has 0 N–H and O–H groups in total. The van der Waals surface area contributed by atoms with Crippen LogP contribution in [0.3, 0.4) is 0 Å². The number of hydrogen-bond donors (Lipinski definition) is 0. The average molecular weight is 197 g/mol. The minimum absolute atomic E-state index is 1.11. The molecular weight excluding hydrogens is 191 g/mol. The fourth-order valence-corrected chi connectivity index (χ4v) is 3.75. The molecule has 9 heavy (non-hydrogen) atoms. The molecule has 0 saturated heterocycles. The van der Waals surface area contributed by atoms with Gasteiger partial charge in [0.25, 0.3) is 6.69 Å². The van der Waals surface area contributed by atoms with Crippen molar-refractivity contribution in [1.82, 2.24) is 0 Å². The summed E-state index contributed by atoms with van der Waals surface area (Å²) in [5, 5.41) is 5.10. The Labute approximate surface area is 68.8 Å². The van der Waals surface area contributed by atoms with Crippen LogP contribution in [-0.4, -0.2) is 6.69 Å². The van der Waals surface area contributed by atoms with Crippen LogP contribution in [0.15, 0.2) is 16.8 Å². The molecule has 0 nitrogen and oxygen atoms in total. The fourth-order valence-electron chi connectivity index (χ4n) is 0.514. The molecule has 0 radical (unpaired) electrons. The Morgan fingerprint density at radius 1 is 1.56 bits per heavy atom. The molecule has 0 saturated carbocycles. The van der Waals surface area contributed by atoms with Crippen molar-refractivity contribution in [2.45, 2.75) is 6.55 Å². The summed E-state index contributed by atoms with van der Waals surface area (Å²) in [5.74, 6) is 0. The van der Waals surface area contributed by atoms with Crippen molar-refractivity contribution in [3.63, 3.8) is 0 Å². The average Bonchev–Trinajstić information content (AvgIpc) is 2.08. The first kappa shape index (κ1) is 7.60. The molecule has 1 heterocycles. The third-order valence-electron chi connectivity index (χ3n) is 1.03. The second-order valence-corrected chi connectivity index (χ2v) is 10.2. The van der Waals surface area contributed by atoms with Crippen molar-refractivity contribution >= 4 is 45.4 Å². The molecule has 0 bridgehead atoms. The predicted molar refractivity (Wildman–Crippen MR) is 47.3 cm³/mol. The standard InChI is InChI=1S/C5H6Cl2SSi/c1-9(6,7)5-2-3-8-4-5/h2-4H,1H3. The van der Waals surface area contributed by atoms with Crippen molar-refractivity contribution < 1.29 is 0 Å². The quantitative estimate of drug-likeness (QED) is 0.479. The Morgan fingerprint density at radius 3 is 2.44 bits per heavy atom. The number of halogens is 2. The third kappa shape index (κ3) is 1.97. The zero-order chi connectivity index (χ0) is 6.91. The van der Waals surface area contributed by atoms with Gasteiger partial charge in [-0.2, -0.15) is 11.3 Å². The summed E-state index contributed by atoms with van der Waals surface area (Å²) in [5.41, 5.74) is 0. The van der Waals surface area contributed by atoms with Gasteiger partial charge in [-0.25, -0.2) is 0 Å². The van der Waals surface area contributed by atoms with Gasteiger partial charge >= 0.3 is 0 Å². The van der Waals surface area contributed by atoms with E-state index < -0.39 is 6.69 Å². The third-order valence-corrected chi connectivity index (χ3v) is 4.55. The zero-order valence-electron chi connectivity index (χ0n) is 4.90. The molecule has 0 amide bonds. The van der Waals surface area contributed by atoms with E-state index in [1.54, 1.807) is 11.3 Å². The van der Waals surface area contributed by atoms with Crippen LogP contribution in [0.1, 0.15) is 0 Å². The molecule has 4 heteroatoms. The van der Waals surface area contributed by atoms with Gasteiger partial charge in [-0.3, -0.25) is 0 Å². The van der Waals surface area contributed by atoms with Crippen molar-refractivity contribution in [2.75, 3.05) is 0 Å². The first-order valence-electron chi connectivity index (χ1n) is 2.51. The molecule has 50 valence electrons. The van der Waals surface area contributed by atoms with E-state index in [2.05, 4.69) is 0 Å². The zero-order valence-corrected chi connectivity index (χ0v) is 8.22. The molecule has 0 atom stereocenters. The highest BCUT2D eigenvalue weighted by atomic mass is 35.7. The lowest BCUT2D eigenvalue weighted by Crippen LogP contribution is -2.30. The molecule has 0 unspecified atom stereocenters. The van der Waals surface area contributed by atoms with E-state index in [0.717, 1.165) is 5.19 Å². The maximum atomic E-state index is 5.91. The van der Waals surface area contributed by atoms with E-state index in [4.69, 9.17) is 22.2 Å². The molecule has 1 aromatic rings. The van der Waals surface area contributed by atoms with E-state index in [0.29, 0.717) is 0 Å². The van der Waals surface area contributed by atoms with Crippen LogP contribution in [0.25, 0.3) is 0 Å². The van der Waals surface area contributed by atoms with Gasteiger partial charge in [0.05, 0.1) is 0 Å². The second kappa shape index (κ2) is 2.62. The normalized spacial score (nSPS) is 11.9. The first-order valence-corrected chi connectivity index (χ1v) is 7.98. The van der Waals surface area contributed by atoms with Crippen molar-refractivity contribution in [3.05, 3.63) is 16.8 Å². The second-order valence-electron chi connectivity index (χ2n) is 1.90. The van der Waals surface area contributed by atoms with E-state index in [1.165, 1.54) is 0 Å². The van der Waals surface area contributed by atoms with E-state index in [9.17, 15) is 0 Å². The molecule has 0 aliphatic rings. The van der Waals surface area contributed by atoms with Gasteiger partial charge in [-0.1, -0.05) is 0 Å². The lowest BCUT2D eigenvalue weighted by molar-refractivity contribution is 2.05. The van der Waals surface area contributed by atoms with Gasteiger partial charge in [0, 0.05) is 0 Å². The largest absolute Gasteiger partial charge is 0.278 e. The smallest absolute Gasteiger partial charge is 0.152 e. The molecule has 0 spiro atoms. The van der Waals surface area contributed by atoms with Crippen molar-refractivity contribution in [1.29, 1.82) is 0 Å². The Kier molecular flexibility index (Phi) is 2.21. The molecule has 1 aromatic heterocycles. The van der Waals surface area contributed by atoms with Crippen molar-refractivity contribution in [3.8, 4) is 0 Å². The molecular formula is C5H6Cl2SSi. The van der Waals surface area contributed by atoms with Gasteiger partial charge in [0.1, 0.15) is 0 Å².